The molecule has 1 unspecified atom stereocenters. The average molecular weight is 542 g/mol. The number of H-pyrrole nitrogens is 1. The maximum absolute atomic E-state index is 13.9. The zero-order valence-electron chi connectivity index (χ0n) is 23.4. The quantitative estimate of drug-likeness (QED) is 0.165. The molecular weight excluding hydrogens is 509 g/mol. The number of hydrogen-bond acceptors (Lipinski definition) is 5. The number of hydrogen-bond donors (Lipinski definition) is 2. The van der Waals surface area contributed by atoms with Gasteiger partial charge in [0.05, 0.1) is 29.8 Å². The van der Waals surface area contributed by atoms with Gasteiger partial charge in [-0.25, -0.2) is 9.37 Å². The fraction of sp³-hybridized carbons (Fsp3) is 0.281. The van der Waals surface area contributed by atoms with Gasteiger partial charge in [-0.1, -0.05) is 58.9 Å². The smallest absolute Gasteiger partial charge is 0.302 e. The van der Waals surface area contributed by atoms with E-state index in [0.717, 1.165) is 11.1 Å². The molecule has 40 heavy (non-hydrogen) atoms. The number of nitrogens with one attached hydrogen (secondary N) is 1. The molecule has 0 saturated carbocycles. The van der Waals surface area contributed by atoms with Crippen molar-refractivity contribution in [2.45, 2.75) is 52.0 Å². The van der Waals surface area contributed by atoms with Crippen LogP contribution < -0.4 is 9.64 Å². The van der Waals surface area contributed by atoms with Gasteiger partial charge in [0.1, 0.15) is 17.3 Å². The minimum atomic E-state index is -0.968. The maximum atomic E-state index is 13.9. The van der Waals surface area contributed by atoms with Crippen molar-refractivity contribution >= 4 is 34.4 Å². The van der Waals surface area contributed by atoms with Crippen LogP contribution in [0.25, 0.3) is 16.8 Å². The van der Waals surface area contributed by atoms with E-state index in [0.29, 0.717) is 27.9 Å². The second-order valence-corrected chi connectivity index (χ2v) is 11.4. The topological polar surface area (TPSA) is 95.5 Å². The maximum Gasteiger partial charge on any atom is 0.302 e. The summed E-state index contributed by atoms with van der Waals surface area (Å²) in [6.07, 6.45) is 0. The van der Waals surface area contributed by atoms with E-state index < -0.39 is 23.5 Å². The van der Waals surface area contributed by atoms with Gasteiger partial charge in [-0.2, -0.15) is 0 Å². The van der Waals surface area contributed by atoms with Crippen molar-refractivity contribution in [3.05, 3.63) is 94.3 Å². The van der Waals surface area contributed by atoms with Gasteiger partial charge < -0.3 is 14.8 Å². The Morgan fingerprint density at radius 2 is 1.75 bits per heavy atom. The first-order chi connectivity index (χ1) is 18.9. The fourth-order valence-corrected chi connectivity index (χ4v) is 5.10. The van der Waals surface area contributed by atoms with Crippen molar-refractivity contribution in [2.75, 3.05) is 12.0 Å². The molecule has 1 amide bonds. The molecule has 2 N–H and O–H groups in total. The van der Waals surface area contributed by atoms with Gasteiger partial charge >= 0.3 is 5.91 Å². The number of aliphatic hydroxyl groups excluding tert-OH is 1. The molecule has 0 bridgehead atoms. The molecular formula is C32H32FN3O4. The number of halogens is 1. The molecule has 2 heterocycles. The average Bonchev–Trinajstić information content (AvgIpc) is 3.44. The first-order valence-electron chi connectivity index (χ1n) is 13.2. The number of imidazole rings is 1. The van der Waals surface area contributed by atoms with E-state index in [4.69, 9.17) is 4.74 Å². The zero-order chi connectivity index (χ0) is 28.9. The summed E-state index contributed by atoms with van der Waals surface area (Å²) in [5, 5.41) is 11.6. The standard InChI is InChI=1S/C32H32FN3O4/c1-17(2)22-15-19(9-14-25(22)40-6)28(37)26-27(18-7-10-20(11-8-18)32(3,4)5)36(30(39)29(26)38)31-34-23-13-12-21(33)16-24(23)35-31/h7-17,27,37H,1-6H3,(H,34,35)/b28-26+. The Kier molecular flexibility index (Phi) is 6.74. The number of carbonyl (C=O) groups excluding carboxylic acids is 2. The van der Waals surface area contributed by atoms with Crippen LogP contribution in [0.5, 0.6) is 5.75 Å². The number of aromatic amines is 1. The number of aromatic nitrogens is 2. The van der Waals surface area contributed by atoms with Gasteiger partial charge in [-0.3, -0.25) is 14.5 Å². The third-order valence-electron chi connectivity index (χ3n) is 7.32. The normalized spacial score (nSPS) is 17.3. The van der Waals surface area contributed by atoms with E-state index >= 15 is 0 Å². The van der Waals surface area contributed by atoms with E-state index in [2.05, 4.69) is 30.7 Å². The summed E-state index contributed by atoms with van der Waals surface area (Å²) in [5.41, 5.74) is 3.60. The van der Waals surface area contributed by atoms with Gasteiger partial charge in [0.15, 0.2) is 0 Å². The lowest BCUT2D eigenvalue weighted by molar-refractivity contribution is -0.132. The summed E-state index contributed by atoms with van der Waals surface area (Å²) < 4.78 is 19.4. The third kappa shape index (κ3) is 4.63. The van der Waals surface area contributed by atoms with Crippen LogP contribution in [0.4, 0.5) is 10.3 Å². The van der Waals surface area contributed by atoms with Crippen LogP contribution in [0.2, 0.25) is 0 Å². The Hall–Kier alpha value is -4.46. The molecule has 1 atom stereocenters. The summed E-state index contributed by atoms with van der Waals surface area (Å²) in [6, 6.07) is 15.9. The predicted molar refractivity (Wildman–Crippen MR) is 153 cm³/mol. The molecule has 1 saturated heterocycles. The molecule has 0 aliphatic carbocycles. The highest BCUT2D eigenvalue weighted by Crippen LogP contribution is 2.43. The minimum absolute atomic E-state index is 0.0555. The van der Waals surface area contributed by atoms with Crippen molar-refractivity contribution in [3.8, 4) is 5.75 Å². The molecule has 5 rings (SSSR count). The van der Waals surface area contributed by atoms with Crippen molar-refractivity contribution in [1.29, 1.82) is 0 Å². The Labute approximate surface area is 232 Å². The molecule has 1 fully saturated rings. The number of aliphatic hydroxyl groups is 1. The van der Waals surface area contributed by atoms with Gasteiger partial charge in [0, 0.05) is 5.56 Å². The number of ether oxygens (including phenoxy) is 1. The lowest BCUT2D eigenvalue weighted by atomic mass is 9.85. The highest BCUT2D eigenvalue weighted by Gasteiger charge is 2.48. The SMILES string of the molecule is COc1ccc(/C(O)=C2\C(=O)C(=O)N(c3nc4ccc(F)cc4[nH]3)C2c2ccc(C(C)(C)C)cc2)cc1C(C)C. The Bertz CT molecular complexity index is 1660. The lowest BCUT2D eigenvalue weighted by Gasteiger charge is -2.25. The van der Waals surface area contributed by atoms with Gasteiger partial charge in [0.25, 0.3) is 5.78 Å². The van der Waals surface area contributed by atoms with Crippen molar-refractivity contribution < 1.29 is 23.8 Å². The number of amides is 1. The molecule has 0 radical (unpaired) electrons. The highest BCUT2D eigenvalue weighted by atomic mass is 19.1. The Morgan fingerprint density at radius 1 is 1.05 bits per heavy atom. The van der Waals surface area contributed by atoms with Gasteiger partial charge in [0.2, 0.25) is 5.95 Å². The van der Waals surface area contributed by atoms with E-state index in [1.165, 1.54) is 23.1 Å². The zero-order valence-corrected chi connectivity index (χ0v) is 23.4. The van der Waals surface area contributed by atoms with Crippen LogP contribution in [0.15, 0.2) is 66.2 Å². The fourth-order valence-electron chi connectivity index (χ4n) is 5.10. The molecule has 3 aromatic carbocycles. The van der Waals surface area contributed by atoms with Crippen molar-refractivity contribution in [2.24, 2.45) is 0 Å². The van der Waals surface area contributed by atoms with Gasteiger partial charge in [-0.05, 0) is 64.4 Å². The molecule has 1 aliphatic heterocycles. The minimum Gasteiger partial charge on any atom is -0.507 e. The number of fused-ring (bicyclic) bond motifs is 1. The first kappa shape index (κ1) is 27.1. The number of nitrogens with zero attached hydrogens (tertiary/aromatic N) is 2. The molecule has 0 spiro atoms. The van der Waals surface area contributed by atoms with Crippen LogP contribution >= 0.6 is 0 Å². The molecule has 206 valence electrons. The number of ketones is 1. The summed E-state index contributed by atoms with van der Waals surface area (Å²) in [4.78, 5) is 35.9. The number of methoxy groups -OCH3 is 1. The number of rotatable bonds is 5. The van der Waals surface area contributed by atoms with Gasteiger partial charge in [-0.15, -0.1) is 0 Å². The lowest BCUT2D eigenvalue weighted by Crippen LogP contribution is -2.30. The van der Waals surface area contributed by atoms with E-state index in [9.17, 15) is 19.1 Å². The van der Waals surface area contributed by atoms with E-state index in [-0.39, 0.29) is 28.6 Å². The Morgan fingerprint density at radius 3 is 2.38 bits per heavy atom. The van der Waals surface area contributed by atoms with Crippen LogP contribution in [-0.2, 0) is 15.0 Å². The van der Waals surface area contributed by atoms with Crippen molar-refractivity contribution in [3.63, 3.8) is 0 Å². The second-order valence-electron chi connectivity index (χ2n) is 11.4. The third-order valence-corrected chi connectivity index (χ3v) is 7.32. The monoisotopic (exact) mass is 541 g/mol. The molecule has 7 nitrogen and oxygen atoms in total. The van der Waals surface area contributed by atoms with Crippen LogP contribution in [0.1, 0.15) is 68.8 Å². The summed E-state index contributed by atoms with van der Waals surface area (Å²) in [6.45, 7) is 10.3. The van der Waals surface area contributed by atoms with E-state index in [1.807, 2.05) is 38.1 Å². The summed E-state index contributed by atoms with van der Waals surface area (Å²) in [7, 11) is 1.58. The molecule has 1 aliphatic rings. The summed E-state index contributed by atoms with van der Waals surface area (Å²) >= 11 is 0. The van der Waals surface area contributed by atoms with Crippen LogP contribution in [-0.4, -0.2) is 33.9 Å². The van der Waals surface area contributed by atoms with Crippen LogP contribution in [0, 0.1) is 5.82 Å². The highest BCUT2D eigenvalue weighted by molar-refractivity contribution is 6.51. The largest absolute Gasteiger partial charge is 0.507 e. The number of carbonyl (C=O) groups is 2. The number of benzene rings is 3. The van der Waals surface area contributed by atoms with Crippen LogP contribution in [0.3, 0.4) is 0 Å². The second kappa shape index (κ2) is 9.93. The number of Topliss-reactive ketones (excluding diaryl/α,β-unsaturated/α-hetero) is 1. The Balaban J connectivity index is 1.72. The molecule has 8 heteroatoms. The molecule has 4 aromatic rings. The number of anilines is 1. The summed E-state index contributed by atoms with van der Waals surface area (Å²) in [5.74, 6) is -1.60. The van der Waals surface area contributed by atoms with Crippen molar-refractivity contribution in [1.82, 2.24) is 9.97 Å². The first-order valence-corrected chi connectivity index (χ1v) is 13.2. The van der Waals surface area contributed by atoms with E-state index in [1.54, 1.807) is 25.3 Å². The molecule has 1 aromatic heterocycles. The predicted octanol–water partition coefficient (Wildman–Crippen LogP) is 6.76.